The molecule has 2 aromatic carbocycles. The highest BCUT2D eigenvalue weighted by atomic mass is 32.1. The molecule has 1 aliphatic rings. The smallest absolute Gasteiger partial charge is 0.188 e. The van der Waals surface area contributed by atoms with Gasteiger partial charge in [-0.1, -0.05) is 42.5 Å². The zero-order valence-electron chi connectivity index (χ0n) is 14.6. The van der Waals surface area contributed by atoms with Gasteiger partial charge in [0.05, 0.1) is 12.3 Å². The van der Waals surface area contributed by atoms with Crippen molar-refractivity contribution in [2.75, 3.05) is 11.9 Å². The quantitative estimate of drug-likeness (QED) is 0.652. The Morgan fingerprint density at radius 3 is 2.73 bits per heavy atom. The summed E-state index contributed by atoms with van der Waals surface area (Å²) < 4.78 is 5.97. The summed E-state index contributed by atoms with van der Waals surface area (Å²) in [5.74, 6) is 0.958. The van der Waals surface area contributed by atoms with Gasteiger partial charge in [-0.25, -0.2) is 4.98 Å². The van der Waals surface area contributed by atoms with Crippen molar-refractivity contribution in [3.63, 3.8) is 0 Å². The van der Waals surface area contributed by atoms with Crippen molar-refractivity contribution >= 4 is 27.9 Å². The van der Waals surface area contributed by atoms with Gasteiger partial charge in [-0.15, -0.1) is 11.3 Å². The molecule has 0 spiro atoms. The average molecular weight is 364 g/mol. The van der Waals surface area contributed by atoms with Gasteiger partial charge in [0, 0.05) is 16.9 Å². The Morgan fingerprint density at radius 2 is 1.96 bits per heavy atom. The largest absolute Gasteiger partial charge is 0.491 e. The van der Waals surface area contributed by atoms with Crippen molar-refractivity contribution in [1.29, 1.82) is 0 Å². The summed E-state index contributed by atoms with van der Waals surface area (Å²) in [7, 11) is 0. The van der Waals surface area contributed by atoms with Crippen molar-refractivity contribution in [2.24, 2.45) is 0 Å². The summed E-state index contributed by atoms with van der Waals surface area (Å²) in [6, 6.07) is 16.2. The Bertz CT molecular complexity index is 934. The first-order valence-electron chi connectivity index (χ1n) is 8.87. The Balaban J connectivity index is 1.72. The highest BCUT2D eigenvalue weighted by molar-refractivity contribution is 7.16. The summed E-state index contributed by atoms with van der Waals surface area (Å²) in [4.78, 5) is 17.7. The minimum atomic E-state index is 0.151. The van der Waals surface area contributed by atoms with Gasteiger partial charge in [-0.2, -0.15) is 0 Å². The fraction of sp³-hybridized carbons (Fsp3) is 0.238. The Labute approximate surface area is 156 Å². The Kier molecular flexibility index (Phi) is 4.71. The van der Waals surface area contributed by atoms with E-state index in [1.54, 1.807) is 11.3 Å². The molecule has 0 aliphatic heterocycles. The summed E-state index contributed by atoms with van der Waals surface area (Å²) in [6.45, 7) is 2.55. The minimum Gasteiger partial charge on any atom is -0.491 e. The number of benzene rings is 2. The molecule has 0 atom stereocenters. The van der Waals surface area contributed by atoms with Crippen LogP contribution in [0.1, 0.15) is 35.1 Å². The van der Waals surface area contributed by atoms with Crippen molar-refractivity contribution in [3.05, 3.63) is 59.1 Å². The minimum absolute atomic E-state index is 0.151. The number of fused-ring (bicyclic) bond motifs is 1. The van der Waals surface area contributed by atoms with Gasteiger partial charge in [0.2, 0.25) is 0 Å². The van der Waals surface area contributed by atoms with Crippen molar-refractivity contribution < 1.29 is 9.53 Å². The molecule has 0 amide bonds. The summed E-state index contributed by atoms with van der Waals surface area (Å²) >= 11 is 1.56. The number of nitrogens with one attached hydrogen (secondary N) is 1. The van der Waals surface area contributed by atoms with Crippen LogP contribution in [0.3, 0.4) is 0 Å². The van der Waals surface area contributed by atoms with Gasteiger partial charge in [-0.05, 0) is 31.4 Å². The highest BCUT2D eigenvalue weighted by Gasteiger charge is 2.23. The fourth-order valence-corrected chi connectivity index (χ4v) is 4.25. The van der Waals surface area contributed by atoms with Crippen LogP contribution in [0, 0.1) is 0 Å². The number of aryl methyl sites for hydroxylation is 1. The van der Waals surface area contributed by atoms with Gasteiger partial charge < -0.3 is 10.1 Å². The number of ether oxygens (including phenoxy) is 1. The number of aromatic nitrogens is 1. The summed E-state index contributed by atoms with van der Waals surface area (Å²) in [6.07, 6.45) is 2.45. The molecule has 132 valence electrons. The Morgan fingerprint density at radius 1 is 1.12 bits per heavy atom. The molecule has 0 saturated heterocycles. The number of ketones is 1. The van der Waals surface area contributed by atoms with Crippen molar-refractivity contribution in [3.8, 4) is 16.9 Å². The van der Waals surface area contributed by atoms with Gasteiger partial charge in [0.25, 0.3) is 0 Å². The number of Topliss-reactive ketones (excluding diaryl/α,β-unsaturated/α-hetero) is 1. The van der Waals surface area contributed by atoms with E-state index in [1.165, 1.54) is 0 Å². The third kappa shape index (κ3) is 3.22. The predicted octanol–water partition coefficient (Wildman–Crippen LogP) is 5.47. The molecule has 5 heteroatoms. The second-order valence-corrected chi connectivity index (χ2v) is 7.26. The molecule has 0 saturated carbocycles. The van der Waals surface area contributed by atoms with Crippen molar-refractivity contribution in [1.82, 2.24) is 4.98 Å². The number of nitrogens with zero attached hydrogens (tertiary/aromatic N) is 1. The van der Waals surface area contributed by atoms with E-state index in [4.69, 9.17) is 4.74 Å². The molecule has 4 nitrogen and oxygen atoms in total. The molecule has 4 rings (SSSR count). The maximum Gasteiger partial charge on any atom is 0.188 e. The van der Waals surface area contributed by atoms with E-state index in [-0.39, 0.29) is 5.78 Å². The lowest BCUT2D eigenvalue weighted by Gasteiger charge is -2.15. The monoisotopic (exact) mass is 364 g/mol. The van der Waals surface area contributed by atoms with E-state index >= 15 is 0 Å². The van der Waals surface area contributed by atoms with E-state index in [1.807, 2.05) is 37.3 Å². The van der Waals surface area contributed by atoms with Gasteiger partial charge >= 0.3 is 0 Å². The molecule has 1 aliphatic carbocycles. The van der Waals surface area contributed by atoms with Crippen LogP contribution in [0.5, 0.6) is 5.75 Å². The lowest BCUT2D eigenvalue weighted by Crippen LogP contribution is -2.08. The molecule has 0 bridgehead atoms. The predicted molar refractivity (Wildman–Crippen MR) is 106 cm³/mol. The molecule has 1 N–H and O–H groups in total. The number of anilines is 2. The molecule has 26 heavy (non-hydrogen) atoms. The molecular weight excluding hydrogens is 344 g/mol. The van der Waals surface area contributed by atoms with E-state index in [9.17, 15) is 4.79 Å². The van der Waals surface area contributed by atoms with Crippen LogP contribution >= 0.6 is 11.3 Å². The number of para-hydroxylation sites is 1. The Hall–Kier alpha value is -2.66. The van der Waals surface area contributed by atoms with Crippen LogP contribution in [0.25, 0.3) is 11.1 Å². The van der Waals surface area contributed by atoms with Gasteiger partial charge in [-0.3, -0.25) is 4.79 Å². The molecule has 0 radical (unpaired) electrons. The van der Waals surface area contributed by atoms with Crippen LogP contribution < -0.4 is 10.1 Å². The molecule has 1 heterocycles. The molecular formula is C21H20N2O2S. The maximum absolute atomic E-state index is 12.1. The van der Waals surface area contributed by atoms with Gasteiger partial charge in [0.1, 0.15) is 5.69 Å². The van der Waals surface area contributed by atoms with Crippen molar-refractivity contribution in [2.45, 2.75) is 26.2 Å². The van der Waals surface area contributed by atoms with Crippen LogP contribution in [0.15, 0.2) is 48.5 Å². The average Bonchev–Trinajstić information content (AvgIpc) is 3.08. The fourth-order valence-electron chi connectivity index (χ4n) is 3.22. The van der Waals surface area contributed by atoms with E-state index in [0.29, 0.717) is 18.7 Å². The number of rotatable bonds is 5. The zero-order valence-corrected chi connectivity index (χ0v) is 15.4. The standard InChI is InChI=1S/C21H20N2O2S/c1-2-25-20-15(14-8-4-3-5-9-14)10-6-11-16(20)22-21-23-19-17(24)12-7-13-18(19)26-21/h3-6,8-11H,2,7,12-13H2,1H3,(H,22,23). The summed E-state index contributed by atoms with van der Waals surface area (Å²) in [5, 5.41) is 4.12. The topological polar surface area (TPSA) is 51.2 Å². The second kappa shape index (κ2) is 7.30. The third-order valence-electron chi connectivity index (χ3n) is 4.40. The molecule has 1 aromatic heterocycles. The van der Waals surface area contributed by atoms with E-state index in [0.717, 1.165) is 45.4 Å². The normalized spacial score (nSPS) is 13.3. The van der Waals surface area contributed by atoms with Crippen LogP contribution in [0.2, 0.25) is 0 Å². The number of thiazole rings is 1. The van der Waals surface area contributed by atoms with E-state index in [2.05, 4.69) is 28.5 Å². The number of carbonyl (C=O) groups excluding carboxylic acids is 1. The van der Waals surface area contributed by atoms with Crippen LogP contribution in [-0.4, -0.2) is 17.4 Å². The number of hydrogen-bond donors (Lipinski definition) is 1. The first-order valence-corrected chi connectivity index (χ1v) is 9.69. The third-order valence-corrected chi connectivity index (χ3v) is 5.43. The molecule has 3 aromatic rings. The van der Waals surface area contributed by atoms with Gasteiger partial charge in [0.15, 0.2) is 16.7 Å². The number of carbonyl (C=O) groups is 1. The highest BCUT2D eigenvalue weighted by Crippen LogP contribution is 2.39. The summed E-state index contributed by atoms with van der Waals surface area (Å²) in [5.41, 5.74) is 3.65. The van der Waals surface area contributed by atoms with Crippen LogP contribution in [-0.2, 0) is 6.42 Å². The van der Waals surface area contributed by atoms with E-state index < -0.39 is 0 Å². The molecule has 0 fully saturated rings. The lowest BCUT2D eigenvalue weighted by molar-refractivity contribution is 0.0968. The zero-order chi connectivity index (χ0) is 17.9. The van der Waals surface area contributed by atoms with Crippen LogP contribution in [0.4, 0.5) is 10.8 Å². The maximum atomic E-state index is 12.1. The number of hydrogen-bond acceptors (Lipinski definition) is 5. The SMILES string of the molecule is CCOc1c(Nc2nc3c(s2)CCCC3=O)cccc1-c1ccccc1. The lowest BCUT2D eigenvalue weighted by atomic mass is 10.0. The molecule has 0 unspecified atom stereocenters. The second-order valence-electron chi connectivity index (χ2n) is 6.17. The first-order chi connectivity index (χ1) is 12.8. The first kappa shape index (κ1) is 16.8.